The van der Waals surface area contributed by atoms with Crippen LogP contribution in [0.15, 0.2) is 41.3 Å². The average Bonchev–Trinajstić information content (AvgIpc) is 2.82. The lowest BCUT2D eigenvalue weighted by molar-refractivity contribution is 0.124. The summed E-state index contributed by atoms with van der Waals surface area (Å²) in [7, 11) is 0. The predicted molar refractivity (Wildman–Crippen MR) is 82.7 cm³/mol. The van der Waals surface area contributed by atoms with Crippen molar-refractivity contribution in [1.29, 1.82) is 0 Å². The molecule has 1 heterocycles. The molecule has 2 rings (SSSR count). The summed E-state index contributed by atoms with van der Waals surface area (Å²) in [6.07, 6.45) is 3.86. The maximum Gasteiger partial charge on any atom is 0.134 e. The van der Waals surface area contributed by atoms with Gasteiger partial charge in [-0.3, -0.25) is 0 Å². The topological polar surface area (TPSA) is 34.4 Å². The summed E-state index contributed by atoms with van der Waals surface area (Å²) in [6, 6.07) is 8.13. The Bertz CT molecular complexity index is 545. The van der Waals surface area contributed by atoms with E-state index in [4.69, 9.17) is 9.15 Å². The zero-order chi connectivity index (χ0) is 14.2. The zero-order valence-electron chi connectivity index (χ0n) is 12.2. The van der Waals surface area contributed by atoms with E-state index < -0.39 is 0 Å². The number of nitrogens with one attached hydrogen (secondary N) is 1. The summed E-state index contributed by atoms with van der Waals surface area (Å²) in [5.74, 6) is 0.984. The molecule has 0 fully saturated rings. The van der Waals surface area contributed by atoms with Crippen molar-refractivity contribution in [3.63, 3.8) is 0 Å². The molecule has 0 bridgehead atoms. The molecule has 0 saturated carbocycles. The van der Waals surface area contributed by atoms with Crippen LogP contribution >= 0.6 is 0 Å². The molecule has 3 heteroatoms. The minimum atomic E-state index is 0.591. The van der Waals surface area contributed by atoms with Crippen LogP contribution in [0.5, 0.6) is 0 Å². The maximum absolute atomic E-state index is 5.94. The van der Waals surface area contributed by atoms with E-state index in [2.05, 4.69) is 24.9 Å². The fourth-order valence-corrected chi connectivity index (χ4v) is 2.17. The van der Waals surface area contributed by atoms with E-state index in [1.807, 2.05) is 24.3 Å². The van der Waals surface area contributed by atoms with Crippen molar-refractivity contribution in [2.75, 3.05) is 13.2 Å². The summed E-state index contributed by atoms with van der Waals surface area (Å²) in [6.45, 7) is 8.90. The lowest BCUT2D eigenvalue weighted by Crippen LogP contribution is -2.14. The van der Waals surface area contributed by atoms with Crippen molar-refractivity contribution < 1.29 is 9.15 Å². The molecular formula is C17H23NO2. The van der Waals surface area contributed by atoms with Gasteiger partial charge in [-0.25, -0.2) is 0 Å². The summed E-state index contributed by atoms with van der Waals surface area (Å²) in [5.41, 5.74) is 2.09. The summed E-state index contributed by atoms with van der Waals surface area (Å²) >= 11 is 0. The first kappa shape index (κ1) is 14.8. The maximum atomic E-state index is 5.94. The summed E-state index contributed by atoms with van der Waals surface area (Å²) in [5, 5.41) is 4.54. The van der Waals surface area contributed by atoms with Crippen LogP contribution in [0, 0.1) is 0 Å². The van der Waals surface area contributed by atoms with Crippen molar-refractivity contribution >= 4 is 11.0 Å². The molecule has 2 aromatic rings. The molecule has 3 nitrogen and oxygen atoms in total. The van der Waals surface area contributed by atoms with Gasteiger partial charge in [0.25, 0.3) is 0 Å². The number of rotatable bonds is 9. The first-order valence-electron chi connectivity index (χ1n) is 7.25. The molecular weight excluding hydrogens is 250 g/mol. The van der Waals surface area contributed by atoms with Gasteiger partial charge in [0, 0.05) is 10.9 Å². The van der Waals surface area contributed by atoms with Crippen LogP contribution < -0.4 is 5.32 Å². The minimum Gasteiger partial charge on any atom is -0.459 e. The molecule has 0 aliphatic rings. The normalized spacial score (nSPS) is 11.1. The molecule has 1 aromatic heterocycles. The van der Waals surface area contributed by atoms with E-state index in [1.54, 1.807) is 0 Å². The van der Waals surface area contributed by atoms with Gasteiger partial charge in [-0.15, -0.1) is 6.58 Å². The first-order chi connectivity index (χ1) is 9.86. The Kier molecular flexibility index (Phi) is 5.84. The van der Waals surface area contributed by atoms with Crippen LogP contribution in [-0.2, 0) is 17.9 Å². The van der Waals surface area contributed by atoms with E-state index in [0.29, 0.717) is 13.2 Å². The van der Waals surface area contributed by atoms with Crippen LogP contribution in [0.4, 0.5) is 0 Å². The molecule has 0 saturated heterocycles. The van der Waals surface area contributed by atoms with Gasteiger partial charge in [-0.2, -0.15) is 0 Å². The van der Waals surface area contributed by atoms with Crippen LogP contribution in [-0.4, -0.2) is 13.2 Å². The van der Waals surface area contributed by atoms with Crippen LogP contribution in [0.2, 0.25) is 0 Å². The van der Waals surface area contributed by atoms with Crippen LogP contribution in [0.1, 0.15) is 31.1 Å². The molecule has 1 N–H and O–H groups in total. The molecule has 1 aromatic carbocycles. The average molecular weight is 273 g/mol. The second-order valence-electron chi connectivity index (χ2n) is 4.81. The first-order valence-corrected chi connectivity index (χ1v) is 7.25. The van der Waals surface area contributed by atoms with Crippen molar-refractivity contribution in [2.45, 2.75) is 32.9 Å². The Morgan fingerprint density at radius 3 is 3.00 bits per heavy atom. The third kappa shape index (κ3) is 3.71. The molecule has 20 heavy (non-hydrogen) atoms. The zero-order valence-corrected chi connectivity index (χ0v) is 12.2. The molecule has 0 unspecified atom stereocenters. The second kappa shape index (κ2) is 7.88. The third-order valence-electron chi connectivity index (χ3n) is 3.21. The van der Waals surface area contributed by atoms with Gasteiger partial charge in [-0.1, -0.05) is 31.2 Å². The number of para-hydroxylation sites is 1. The number of ether oxygens (including phenoxy) is 1. The molecule has 0 aliphatic heterocycles. The SMILES string of the molecule is C=CCCOCc1c(CNCCC)oc2ccccc12. The number of furan rings is 1. The lowest BCUT2D eigenvalue weighted by atomic mass is 10.1. The molecule has 0 spiro atoms. The number of hydrogen-bond acceptors (Lipinski definition) is 3. The molecule has 0 atom stereocenters. The van der Waals surface area contributed by atoms with Gasteiger partial charge in [0.1, 0.15) is 11.3 Å². The van der Waals surface area contributed by atoms with Gasteiger partial charge >= 0.3 is 0 Å². The summed E-state index contributed by atoms with van der Waals surface area (Å²) in [4.78, 5) is 0. The quantitative estimate of drug-likeness (QED) is 0.553. The van der Waals surface area contributed by atoms with E-state index >= 15 is 0 Å². The fourth-order valence-electron chi connectivity index (χ4n) is 2.17. The second-order valence-corrected chi connectivity index (χ2v) is 4.81. The standard InChI is InChI=1S/C17H23NO2/c1-3-5-11-19-13-15-14-8-6-7-9-16(14)20-17(15)12-18-10-4-2/h3,6-9,18H,1,4-5,10-13H2,2H3. The smallest absolute Gasteiger partial charge is 0.134 e. The Morgan fingerprint density at radius 2 is 2.20 bits per heavy atom. The molecule has 0 amide bonds. The van der Waals surface area contributed by atoms with Gasteiger partial charge in [0.05, 0.1) is 19.8 Å². The highest BCUT2D eigenvalue weighted by atomic mass is 16.5. The Morgan fingerprint density at radius 1 is 1.35 bits per heavy atom. The van der Waals surface area contributed by atoms with Gasteiger partial charge in [0.15, 0.2) is 0 Å². The lowest BCUT2D eigenvalue weighted by Gasteiger charge is -2.05. The Hall–Kier alpha value is -1.58. The number of benzene rings is 1. The Balaban J connectivity index is 2.13. The predicted octanol–water partition coefficient (Wildman–Crippen LogP) is 4.03. The molecule has 0 aliphatic carbocycles. The van der Waals surface area contributed by atoms with Gasteiger partial charge in [-0.05, 0) is 25.5 Å². The van der Waals surface area contributed by atoms with Crippen molar-refractivity contribution in [3.05, 3.63) is 48.2 Å². The monoisotopic (exact) mass is 273 g/mol. The third-order valence-corrected chi connectivity index (χ3v) is 3.21. The van der Waals surface area contributed by atoms with Crippen LogP contribution in [0.3, 0.4) is 0 Å². The fraction of sp³-hybridized carbons (Fsp3) is 0.412. The van der Waals surface area contributed by atoms with Crippen molar-refractivity contribution in [3.8, 4) is 0 Å². The van der Waals surface area contributed by atoms with Gasteiger partial charge < -0.3 is 14.5 Å². The minimum absolute atomic E-state index is 0.591. The van der Waals surface area contributed by atoms with E-state index in [0.717, 1.165) is 48.2 Å². The van der Waals surface area contributed by atoms with E-state index in [1.165, 1.54) is 0 Å². The highest BCUT2D eigenvalue weighted by Gasteiger charge is 2.13. The number of fused-ring (bicyclic) bond motifs is 1. The largest absolute Gasteiger partial charge is 0.459 e. The number of hydrogen-bond donors (Lipinski definition) is 1. The Labute approximate surface area is 120 Å². The highest BCUT2D eigenvalue weighted by molar-refractivity contribution is 5.82. The van der Waals surface area contributed by atoms with E-state index in [-0.39, 0.29) is 0 Å². The van der Waals surface area contributed by atoms with Crippen molar-refractivity contribution in [2.24, 2.45) is 0 Å². The highest BCUT2D eigenvalue weighted by Crippen LogP contribution is 2.26. The van der Waals surface area contributed by atoms with Gasteiger partial charge in [0.2, 0.25) is 0 Å². The molecule has 108 valence electrons. The van der Waals surface area contributed by atoms with Crippen LogP contribution in [0.25, 0.3) is 11.0 Å². The van der Waals surface area contributed by atoms with E-state index in [9.17, 15) is 0 Å². The molecule has 0 radical (unpaired) electrons. The summed E-state index contributed by atoms with van der Waals surface area (Å²) < 4.78 is 11.7. The van der Waals surface area contributed by atoms with Crippen molar-refractivity contribution in [1.82, 2.24) is 5.32 Å².